The number of carbonyl (C=O) groups is 2. The summed E-state index contributed by atoms with van der Waals surface area (Å²) < 4.78 is 9.57. The minimum atomic E-state index is -0.257. The average molecular weight is 468 g/mol. The molecule has 0 aromatic rings. The van der Waals surface area contributed by atoms with E-state index in [-0.39, 0.29) is 103 Å². The zero-order valence-corrected chi connectivity index (χ0v) is 19.6. The maximum Gasteiger partial charge on any atom is 0.308 e. The van der Waals surface area contributed by atoms with E-state index < -0.39 is 0 Å². The Bertz CT molecular complexity index is 253. The second kappa shape index (κ2) is 24.3. The van der Waals surface area contributed by atoms with Crippen LogP contribution in [-0.2, 0) is 84.5 Å². The first-order valence-corrected chi connectivity index (χ1v) is 6.32. The number of rotatable bonds is 7. The van der Waals surface area contributed by atoms with Gasteiger partial charge in [-0.3, -0.25) is 9.59 Å². The first kappa shape index (κ1) is 34.4. The Labute approximate surface area is 186 Å². The Morgan fingerprint density at radius 1 is 1.00 bits per heavy atom. The molecule has 8 heteroatoms. The standard InChI is InChI=1S/C7H14NO2.C6H12NO2.CH4.2Y/c1-6(2)7(9)10-5-4-8-3;1-5(2)9-6(8)4-7-3;;;/h6H,4-5H2,1-3H3;5H,4H2,1-3H3;1H4;;/q2*-1;;;. The van der Waals surface area contributed by atoms with Gasteiger partial charge in [0.2, 0.25) is 0 Å². The third kappa shape index (κ3) is 29.1. The molecule has 0 fully saturated rings. The van der Waals surface area contributed by atoms with E-state index in [4.69, 9.17) is 9.47 Å². The molecule has 0 N–H and O–H groups in total. The summed E-state index contributed by atoms with van der Waals surface area (Å²) in [5, 5.41) is 7.40. The summed E-state index contributed by atoms with van der Waals surface area (Å²) >= 11 is 0. The Balaban J connectivity index is -0.0000000774. The van der Waals surface area contributed by atoms with Crippen LogP contribution in [0.5, 0.6) is 0 Å². The van der Waals surface area contributed by atoms with Crippen molar-refractivity contribution in [1.82, 2.24) is 0 Å². The van der Waals surface area contributed by atoms with Crippen molar-refractivity contribution >= 4 is 11.9 Å². The Morgan fingerprint density at radius 3 is 1.82 bits per heavy atom. The molecule has 0 unspecified atom stereocenters. The predicted molar refractivity (Wildman–Crippen MR) is 82.1 cm³/mol. The molecule has 0 aliphatic carbocycles. The van der Waals surface area contributed by atoms with Crippen LogP contribution in [-0.4, -0.2) is 51.8 Å². The maximum atomic E-state index is 10.8. The fraction of sp³-hybridized carbons (Fsp3) is 0.857. The summed E-state index contributed by atoms with van der Waals surface area (Å²) in [7, 11) is 3.28. The van der Waals surface area contributed by atoms with Gasteiger partial charge in [-0.15, -0.1) is 6.54 Å². The molecule has 0 saturated carbocycles. The quantitative estimate of drug-likeness (QED) is 0.425. The van der Waals surface area contributed by atoms with Gasteiger partial charge in [-0.2, -0.15) is 14.1 Å². The summed E-state index contributed by atoms with van der Waals surface area (Å²) in [5.41, 5.74) is 0. The van der Waals surface area contributed by atoms with E-state index >= 15 is 0 Å². The van der Waals surface area contributed by atoms with Crippen molar-refractivity contribution in [1.29, 1.82) is 0 Å². The van der Waals surface area contributed by atoms with Gasteiger partial charge in [0.05, 0.1) is 18.6 Å². The van der Waals surface area contributed by atoms with Crippen LogP contribution in [0.25, 0.3) is 10.6 Å². The largest absolute Gasteiger partial charge is 0.662 e. The van der Waals surface area contributed by atoms with Gasteiger partial charge in [0, 0.05) is 65.4 Å². The molecule has 6 nitrogen and oxygen atoms in total. The van der Waals surface area contributed by atoms with E-state index in [2.05, 4.69) is 10.6 Å². The van der Waals surface area contributed by atoms with E-state index in [0.717, 1.165) is 0 Å². The summed E-state index contributed by atoms with van der Waals surface area (Å²) in [5.74, 6) is -0.437. The van der Waals surface area contributed by atoms with Crippen LogP contribution in [0.2, 0.25) is 0 Å². The Hall–Kier alpha value is 1.07. The zero-order valence-electron chi connectivity index (χ0n) is 14.0. The van der Waals surface area contributed by atoms with Crippen molar-refractivity contribution in [3.63, 3.8) is 0 Å². The molecular formula is C14H30N2O4Y2-2. The van der Waals surface area contributed by atoms with Crippen LogP contribution in [0, 0.1) is 5.92 Å². The van der Waals surface area contributed by atoms with Crippen LogP contribution in [0.4, 0.5) is 0 Å². The first-order chi connectivity index (χ1) is 8.84. The van der Waals surface area contributed by atoms with Crippen molar-refractivity contribution in [3.8, 4) is 0 Å². The second-order valence-electron chi connectivity index (χ2n) is 4.37. The third-order valence-corrected chi connectivity index (χ3v) is 1.68. The number of carbonyl (C=O) groups excluding carboxylic acids is 2. The molecule has 0 aliphatic heterocycles. The van der Waals surface area contributed by atoms with Crippen LogP contribution < -0.4 is 0 Å². The minimum absolute atomic E-state index is 0. The van der Waals surface area contributed by atoms with Crippen molar-refractivity contribution in [2.24, 2.45) is 5.92 Å². The minimum Gasteiger partial charge on any atom is -0.662 e. The molecule has 0 spiro atoms. The van der Waals surface area contributed by atoms with E-state index in [1.807, 2.05) is 27.7 Å². The molecule has 128 valence electrons. The number of esters is 2. The normalized spacial score (nSPS) is 8.55. The van der Waals surface area contributed by atoms with Gasteiger partial charge in [0.25, 0.3) is 5.97 Å². The summed E-state index contributed by atoms with van der Waals surface area (Å²) in [4.78, 5) is 21.3. The summed E-state index contributed by atoms with van der Waals surface area (Å²) in [6.45, 7) is 8.42. The third-order valence-electron chi connectivity index (χ3n) is 1.68. The van der Waals surface area contributed by atoms with Gasteiger partial charge in [-0.1, -0.05) is 21.3 Å². The van der Waals surface area contributed by atoms with Crippen LogP contribution >= 0.6 is 0 Å². The van der Waals surface area contributed by atoms with Gasteiger partial charge < -0.3 is 20.1 Å². The molecule has 0 bridgehead atoms. The monoisotopic (exact) mass is 468 g/mol. The van der Waals surface area contributed by atoms with Gasteiger partial charge in [0.1, 0.15) is 0 Å². The molecule has 0 heterocycles. The molecule has 0 aromatic heterocycles. The van der Waals surface area contributed by atoms with Crippen LogP contribution in [0.15, 0.2) is 0 Å². The van der Waals surface area contributed by atoms with Crippen molar-refractivity contribution in [2.75, 3.05) is 33.8 Å². The Kier molecular flexibility index (Phi) is 38.0. The molecule has 0 aliphatic rings. The van der Waals surface area contributed by atoms with Crippen molar-refractivity contribution < 1.29 is 84.5 Å². The summed E-state index contributed by atoms with van der Waals surface area (Å²) in [6.07, 6.45) is -0.0285. The molecule has 2 radical (unpaired) electrons. The van der Waals surface area contributed by atoms with Gasteiger partial charge in [0.15, 0.2) is 0 Å². The first-order valence-electron chi connectivity index (χ1n) is 6.32. The maximum absolute atomic E-state index is 10.8. The zero-order chi connectivity index (χ0) is 15.3. The van der Waals surface area contributed by atoms with Gasteiger partial charge in [-0.05, 0) is 20.4 Å². The van der Waals surface area contributed by atoms with E-state index in [9.17, 15) is 9.59 Å². The molecule has 22 heavy (non-hydrogen) atoms. The smallest absolute Gasteiger partial charge is 0.308 e. The van der Waals surface area contributed by atoms with Crippen molar-refractivity contribution in [2.45, 2.75) is 41.2 Å². The van der Waals surface area contributed by atoms with Gasteiger partial charge >= 0.3 is 5.97 Å². The fourth-order valence-corrected chi connectivity index (χ4v) is 0.833. The van der Waals surface area contributed by atoms with E-state index in [1.165, 1.54) is 0 Å². The molecule has 0 aromatic carbocycles. The Morgan fingerprint density at radius 2 is 1.50 bits per heavy atom. The predicted octanol–water partition coefficient (Wildman–Crippen LogP) is 2.76. The van der Waals surface area contributed by atoms with E-state index in [0.29, 0.717) is 13.2 Å². The van der Waals surface area contributed by atoms with Gasteiger partial charge in [-0.25, -0.2) is 0 Å². The number of hydrogen-bond donors (Lipinski definition) is 0. The number of hydrogen-bond acceptors (Lipinski definition) is 4. The second-order valence-corrected chi connectivity index (χ2v) is 4.37. The number of likely N-dealkylation sites (N-methyl/N-ethyl adjacent to an activating group) is 2. The number of nitrogens with zero attached hydrogens (tertiary/aromatic N) is 2. The van der Waals surface area contributed by atoms with Crippen LogP contribution in [0.1, 0.15) is 35.1 Å². The molecule has 0 amide bonds. The number of ether oxygens (including phenoxy) is 2. The summed E-state index contributed by atoms with van der Waals surface area (Å²) in [6, 6.07) is 0. The van der Waals surface area contributed by atoms with Crippen molar-refractivity contribution in [3.05, 3.63) is 10.6 Å². The molecule has 0 atom stereocenters. The topological polar surface area (TPSA) is 80.8 Å². The molecule has 0 saturated heterocycles. The molecule has 0 rings (SSSR count). The SMILES string of the molecule is C.C[N-]CC(=O)OC(C)C.C[N-]CCOC(=O)C(C)C.[Y].[Y]. The van der Waals surface area contributed by atoms with Crippen LogP contribution in [0.3, 0.4) is 0 Å². The fourth-order valence-electron chi connectivity index (χ4n) is 0.833. The van der Waals surface area contributed by atoms with E-state index in [1.54, 1.807) is 14.1 Å². The average Bonchev–Trinajstić information content (AvgIpc) is 2.29. The molecular weight excluding hydrogens is 438 g/mol.